The highest BCUT2D eigenvalue weighted by atomic mass is 35.5. The van der Waals surface area contributed by atoms with Crippen LogP contribution in [0.5, 0.6) is 0 Å². The van der Waals surface area contributed by atoms with Crippen LogP contribution in [-0.4, -0.2) is 28.1 Å². The zero-order chi connectivity index (χ0) is 19.8. The molecule has 0 aliphatic rings. The van der Waals surface area contributed by atoms with Crippen LogP contribution in [-0.2, 0) is 10.5 Å². The van der Waals surface area contributed by atoms with E-state index in [1.165, 1.54) is 40.4 Å². The van der Waals surface area contributed by atoms with Gasteiger partial charge >= 0.3 is 0 Å². The van der Waals surface area contributed by atoms with E-state index in [2.05, 4.69) is 51.9 Å². The van der Waals surface area contributed by atoms with Crippen molar-refractivity contribution < 1.29 is 4.79 Å². The molecule has 0 aliphatic carbocycles. The second-order valence-electron chi connectivity index (χ2n) is 5.71. The fourth-order valence-electron chi connectivity index (χ4n) is 2.06. The Morgan fingerprint density at radius 2 is 1.86 bits per heavy atom. The summed E-state index contributed by atoms with van der Waals surface area (Å²) >= 11 is 10.5. The first-order valence-electron chi connectivity index (χ1n) is 8.31. The first kappa shape index (κ1) is 20.9. The van der Waals surface area contributed by atoms with Crippen molar-refractivity contribution in [2.45, 2.75) is 21.4 Å². The number of nitrogens with zero attached hydrogens (tertiary/aromatic N) is 3. The highest BCUT2D eigenvalue weighted by Gasteiger charge is 2.08. The maximum atomic E-state index is 11.9. The van der Waals surface area contributed by atoms with Crippen molar-refractivity contribution in [3.05, 3.63) is 70.2 Å². The quantitative estimate of drug-likeness (QED) is 0.297. The fraction of sp³-hybridized carbons (Fsp3) is 0.158. The molecule has 0 atom stereocenters. The number of hydrogen-bond donors (Lipinski definition) is 1. The molecule has 0 fully saturated rings. The van der Waals surface area contributed by atoms with E-state index in [1.807, 2.05) is 18.2 Å². The van der Waals surface area contributed by atoms with E-state index in [1.54, 1.807) is 17.8 Å². The van der Waals surface area contributed by atoms with Crippen LogP contribution in [0.4, 0.5) is 0 Å². The van der Waals surface area contributed by atoms with Gasteiger partial charge in [-0.05, 0) is 18.6 Å². The molecule has 5 nitrogen and oxygen atoms in total. The van der Waals surface area contributed by atoms with Gasteiger partial charge in [-0.15, -0.1) is 10.2 Å². The Morgan fingerprint density at radius 1 is 1.14 bits per heavy atom. The van der Waals surface area contributed by atoms with Crippen molar-refractivity contribution in [1.82, 2.24) is 15.6 Å². The molecule has 0 bridgehead atoms. The normalized spacial score (nSPS) is 11.1. The predicted octanol–water partition coefficient (Wildman–Crippen LogP) is 5.03. The molecule has 0 aliphatic heterocycles. The molecule has 1 amide bonds. The number of rotatable bonds is 8. The van der Waals surface area contributed by atoms with Gasteiger partial charge in [0.1, 0.15) is 0 Å². The van der Waals surface area contributed by atoms with E-state index >= 15 is 0 Å². The van der Waals surface area contributed by atoms with Gasteiger partial charge in [-0.3, -0.25) is 4.79 Å². The molecule has 1 N–H and O–H groups in total. The van der Waals surface area contributed by atoms with Crippen LogP contribution in [0, 0.1) is 6.92 Å². The van der Waals surface area contributed by atoms with Gasteiger partial charge in [-0.1, -0.05) is 94.5 Å². The minimum absolute atomic E-state index is 0.211. The number of halogens is 1. The van der Waals surface area contributed by atoms with Crippen LogP contribution < -0.4 is 5.43 Å². The van der Waals surface area contributed by atoms with Crippen molar-refractivity contribution in [2.24, 2.45) is 5.10 Å². The Labute approximate surface area is 181 Å². The van der Waals surface area contributed by atoms with Crippen LogP contribution in [0.1, 0.15) is 16.7 Å². The average molecular weight is 449 g/mol. The summed E-state index contributed by atoms with van der Waals surface area (Å²) in [7, 11) is 0. The number of aryl methyl sites for hydroxylation is 1. The molecule has 144 valence electrons. The van der Waals surface area contributed by atoms with Crippen molar-refractivity contribution >= 4 is 58.6 Å². The van der Waals surface area contributed by atoms with Gasteiger partial charge in [-0.25, -0.2) is 5.43 Å². The largest absolute Gasteiger partial charge is 0.272 e. The molecule has 9 heteroatoms. The van der Waals surface area contributed by atoms with Crippen molar-refractivity contribution in [1.29, 1.82) is 0 Å². The highest BCUT2D eigenvalue weighted by molar-refractivity contribution is 8.03. The molecule has 0 saturated carbocycles. The van der Waals surface area contributed by atoms with Gasteiger partial charge in [0.05, 0.1) is 12.0 Å². The molecule has 0 saturated heterocycles. The Morgan fingerprint density at radius 3 is 2.61 bits per heavy atom. The van der Waals surface area contributed by atoms with Crippen LogP contribution in [0.2, 0.25) is 5.02 Å². The first-order valence-corrected chi connectivity index (χ1v) is 11.5. The number of carbonyl (C=O) groups excluding carboxylic acids is 1. The molecule has 0 unspecified atom stereocenters. The third-order valence-corrected chi connectivity index (χ3v) is 7.10. The summed E-state index contributed by atoms with van der Waals surface area (Å²) in [5.74, 6) is 0.853. The van der Waals surface area contributed by atoms with Crippen LogP contribution in [0.3, 0.4) is 0 Å². The highest BCUT2D eigenvalue weighted by Crippen LogP contribution is 2.30. The van der Waals surface area contributed by atoms with E-state index < -0.39 is 0 Å². The summed E-state index contributed by atoms with van der Waals surface area (Å²) < 4.78 is 1.65. The molecular weight excluding hydrogens is 432 g/mol. The van der Waals surface area contributed by atoms with E-state index in [0.717, 1.165) is 20.0 Å². The summed E-state index contributed by atoms with van der Waals surface area (Å²) in [5, 5.41) is 12.8. The van der Waals surface area contributed by atoms with E-state index in [0.29, 0.717) is 5.02 Å². The van der Waals surface area contributed by atoms with Crippen molar-refractivity contribution in [3.8, 4) is 0 Å². The van der Waals surface area contributed by atoms with Crippen molar-refractivity contribution in [2.75, 3.05) is 5.75 Å². The minimum atomic E-state index is -0.211. The molecule has 0 spiro atoms. The Bertz CT molecular complexity index is 960. The zero-order valence-corrected chi connectivity index (χ0v) is 18.2. The summed E-state index contributed by atoms with van der Waals surface area (Å²) in [5.41, 5.74) is 5.73. The van der Waals surface area contributed by atoms with Gasteiger partial charge < -0.3 is 0 Å². The molecule has 0 radical (unpaired) electrons. The number of hydrazone groups is 1. The van der Waals surface area contributed by atoms with Gasteiger partial charge in [0.15, 0.2) is 8.68 Å². The number of benzene rings is 2. The lowest BCUT2D eigenvalue weighted by Crippen LogP contribution is -2.19. The van der Waals surface area contributed by atoms with Gasteiger partial charge in [0.25, 0.3) is 5.91 Å². The van der Waals surface area contributed by atoms with Crippen LogP contribution in [0.15, 0.2) is 62.3 Å². The maximum Gasteiger partial charge on any atom is 0.250 e. The standard InChI is InChI=1S/C19H17ClN4OS3/c1-13-6-8-14(9-7-13)11-26-18-23-24-19(28-18)27-12-17(25)22-21-10-15-4-2-3-5-16(15)20/h2-10H,11-12H2,1H3,(H,22,25)/b21-10-. The van der Waals surface area contributed by atoms with Gasteiger partial charge in [0, 0.05) is 16.3 Å². The third-order valence-electron chi connectivity index (χ3n) is 3.50. The molecule has 1 aromatic heterocycles. The Balaban J connectivity index is 1.41. The molecule has 3 aromatic rings. The smallest absolute Gasteiger partial charge is 0.250 e. The monoisotopic (exact) mass is 448 g/mol. The van der Waals surface area contributed by atoms with E-state index in [4.69, 9.17) is 11.6 Å². The predicted molar refractivity (Wildman–Crippen MR) is 119 cm³/mol. The molecular formula is C19H17ClN4OS3. The number of thioether (sulfide) groups is 2. The van der Waals surface area contributed by atoms with Gasteiger partial charge in [-0.2, -0.15) is 5.10 Å². The molecule has 2 aromatic carbocycles. The van der Waals surface area contributed by atoms with Crippen LogP contribution in [0.25, 0.3) is 0 Å². The molecule has 28 heavy (non-hydrogen) atoms. The summed E-state index contributed by atoms with van der Waals surface area (Å²) in [6, 6.07) is 15.7. The topological polar surface area (TPSA) is 67.2 Å². The lowest BCUT2D eigenvalue weighted by atomic mass is 10.2. The average Bonchev–Trinajstić information content (AvgIpc) is 3.15. The van der Waals surface area contributed by atoms with E-state index in [9.17, 15) is 4.79 Å². The first-order chi connectivity index (χ1) is 13.6. The minimum Gasteiger partial charge on any atom is -0.272 e. The number of nitrogens with one attached hydrogen (secondary N) is 1. The summed E-state index contributed by atoms with van der Waals surface area (Å²) in [4.78, 5) is 11.9. The number of carbonyl (C=O) groups is 1. The second kappa shape index (κ2) is 10.6. The Hall–Kier alpha value is -1.87. The number of hydrogen-bond acceptors (Lipinski definition) is 7. The number of aromatic nitrogens is 2. The fourth-order valence-corrected chi connectivity index (χ4v) is 5.01. The molecule has 1 heterocycles. The van der Waals surface area contributed by atoms with E-state index in [-0.39, 0.29) is 11.7 Å². The second-order valence-corrected chi connectivity index (χ2v) is 9.54. The summed E-state index contributed by atoms with van der Waals surface area (Å²) in [6.07, 6.45) is 1.52. The third kappa shape index (κ3) is 6.63. The van der Waals surface area contributed by atoms with Gasteiger partial charge in [0.2, 0.25) is 0 Å². The number of amides is 1. The Kier molecular flexibility index (Phi) is 7.90. The van der Waals surface area contributed by atoms with Crippen LogP contribution >= 0.6 is 46.5 Å². The zero-order valence-electron chi connectivity index (χ0n) is 15.0. The molecule has 3 rings (SSSR count). The SMILES string of the molecule is Cc1ccc(CSc2nnc(SCC(=O)N/N=C\c3ccccc3Cl)s2)cc1. The summed E-state index contributed by atoms with van der Waals surface area (Å²) in [6.45, 7) is 2.07. The maximum absolute atomic E-state index is 11.9. The van der Waals surface area contributed by atoms with Crippen molar-refractivity contribution in [3.63, 3.8) is 0 Å². The lowest BCUT2D eigenvalue weighted by molar-refractivity contribution is -0.118. The lowest BCUT2D eigenvalue weighted by Gasteiger charge is -1.99.